The maximum Gasteiger partial charge on any atom is 0.320 e. The van der Waals surface area contributed by atoms with Gasteiger partial charge in [-0.25, -0.2) is 0 Å². The third kappa shape index (κ3) is 16.0. The summed E-state index contributed by atoms with van der Waals surface area (Å²) in [6.07, 6.45) is 14.1. The van der Waals surface area contributed by atoms with E-state index in [0.29, 0.717) is 6.42 Å². The second-order valence-electron chi connectivity index (χ2n) is 6.46. The van der Waals surface area contributed by atoms with Crippen molar-refractivity contribution in [3.05, 3.63) is 0 Å². The van der Waals surface area contributed by atoms with E-state index in [4.69, 9.17) is 15.3 Å². The Morgan fingerprint density at radius 2 is 1.26 bits per heavy atom. The van der Waals surface area contributed by atoms with Gasteiger partial charge in [0.1, 0.15) is 6.04 Å². The maximum absolute atomic E-state index is 11.0. The molecule has 0 aromatic carbocycles. The standard InChI is InChI=1S/C18H37NO4/c1-2-3-4-5-6-7-8-9-10-11-12-13-14-16(18(22)23)19-15-17(20)21/h16-17,19-21H,2-15H2,1H3,(H,22,23). The topological polar surface area (TPSA) is 89.8 Å². The van der Waals surface area contributed by atoms with Crippen molar-refractivity contribution in [2.75, 3.05) is 6.54 Å². The highest BCUT2D eigenvalue weighted by molar-refractivity contribution is 5.73. The van der Waals surface area contributed by atoms with E-state index in [1.807, 2.05) is 0 Å². The lowest BCUT2D eigenvalue weighted by molar-refractivity contribution is -0.140. The van der Waals surface area contributed by atoms with Crippen LogP contribution < -0.4 is 5.32 Å². The number of hydrogen-bond acceptors (Lipinski definition) is 4. The number of hydrogen-bond donors (Lipinski definition) is 4. The van der Waals surface area contributed by atoms with Crippen LogP contribution in [0.3, 0.4) is 0 Å². The fourth-order valence-electron chi connectivity index (χ4n) is 2.75. The Morgan fingerprint density at radius 3 is 1.65 bits per heavy atom. The molecule has 0 aliphatic heterocycles. The molecule has 0 heterocycles. The monoisotopic (exact) mass is 331 g/mol. The van der Waals surface area contributed by atoms with Gasteiger partial charge in [-0.2, -0.15) is 0 Å². The normalized spacial score (nSPS) is 12.7. The summed E-state index contributed by atoms with van der Waals surface area (Å²) in [7, 11) is 0. The Bertz CT molecular complexity index is 272. The molecule has 4 N–H and O–H groups in total. The van der Waals surface area contributed by atoms with Crippen molar-refractivity contribution in [3.63, 3.8) is 0 Å². The number of carbonyl (C=O) groups is 1. The fraction of sp³-hybridized carbons (Fsp3) is 0.944. The smallest absolute Gasteiger partial charge is 0.320 e. The van der Waals surface area contributed by atoms with Crippen molar-refractivity contribution in [2.45, 2.75) is 103 Å². The number of aliphatic hydroxyl groups excluding tert-OH is 1. The van der Waals surface area contributed by atoms with Gasteiger partial charge in [0.05, 0.1) is 0 Å². The van der Waals surface area contributed by atoms with Gasteiger partial charge in [-0.15, -0.1) is 0 Å². The van der Waals surface area contributed by atoms with E-state index >= 15 is 0 Å². The molecule has 0 bridgehead atoms. The summed E-state index contributed by atoms with van der Waals surface area (Å²) in [5.74, 6) is -0.922. The molecule has 0 fully saturated rings. The van der Waals surface area contributed by atoms with E-state index in [2.05, 4.69) is 12.2 Å². The van der Waals surface area contributed by atoms with Crippen molar-refractivity contribution in [1.29, 1.82) is 0 Å². The Morgan fingerprint density at radius 1 is 0.826 bits per heavy atom. The lowest BCUT2D eigenvalue weighted by Crippen LogP contribution is -2.40. The van der Waals surface area contributed by atoms with Crippen molar-refractivity contribution < 1.29 is 20.1 Å². The quantitative estimate of drug-likeness (QED) is 0.242. The summed E-state index contributed by atoms with van der Waals surface area (Å²) >= 11 is 0. The lowest BCUT2D eigenvalue weighted by atomic mass is 10.0. The number of aliphatic carboxylic acids is 1. The SMILES string of the molecule is CCCCCCCCCCCCCCC(NCC(O)O)C(=O)O. The van der Waals surface area contributed by atoms with Gasteiger partial charge in [-0.3, -0.25) is 10.1 Å². The maximum atomic E-state index is 11.0. The van der Waals surface area contributed by atoms with E-state index in [0.717, 1.165) is 19.3 Å². The van der Waals surface area contributed by atoms with Gasteiger partial charge < -0.3 is 15.3 Å². The van der Waals surface area contributed by atoms with E-state index in [1.54, 1.807) is 0 Å². The molecule has 0 amide bonds. The molecule has 1 unspecified atom stereocenters. The van der Waals surface area contributed by atoms with Crippen LogP contribution in [-0.4, -0.2) is 40.2 Å². The van der Waals surface area contributed by atoms with Gasteiger partial charge in [0.25, 0.3) is 0 Å². The Balaban J connectivity index is 3.37. The molecule has 138 valence electrons. The number of unbranched alkanes of at least 4 members (excludes halogenated alkanes) is 11. The molecular weight excluding hydrogens is 294 g/mol. The molecule has 0 rings (SSSR count). The highest BCUT2D eigenvalue weighted by atomic mass is 16.5. The predicted octanol–water partition coefficient (Wildman–Crippen LogP) is 3.43. The van der Waals surface area contributed by atoms with Gasteiger partial charge in [0.2, 0.25) is 0 Å². The molecule has 0 saturated heterocycles. The summed E-state index contributed by atoms with van der Waals surface area (Å²) in [4.78, 5) is 11.0. The molecule has 0 radical (unpaired) electrons. The second kappa shape index (κ2) is 16.2. The largest absolute Gasteiger partial charge is 0.480 e. The summed E-state index contributed by atoms with van der Waals surface area (Å²) < 4.78 is 0. The molecule has 0 aromatic heterocycles. The highest BCUT2D eigenvalue weighted by Gasteiger charge is 2.16. The van der Waals surface area contributed by atoms with Crippen LogP contribution in [0.5, 0.6) is 0 Å². The minimum atomic E-state index is -1.50. The molecule has 0 spiro atoms. The van der Waals surface area contributed by atoms with Crippen LogP contribution in [-0.2, 0) is 4.79 Å². The summed E-state index contributed by atoms with van der Waals surface area (Å²) in [6, 6.07) is -0.681. The van der Waals surface area contributed by atoms with Crippen LogP contribution >= 0.6 is 0 Å². The van der Waals surface area contributed by atoms with Crippen molar-refractivity contribution in [3.8, 4) is 0 Å². The number of rotatable bonds is 17. The minimum absolute atomic E-state index is 0.102. The number of carboxylic acids is 1. The van der Waals surface area contributed by atoms with Crippen molar-refractivity contribution in [1.82, 2.24) is 5.32 Å². The van der Waals surface area contributed by atoms with Crippen LogP contribution in [0.2, 0.25) is 0 Å². The van der Waals surface area contributed by atoms with Crippen LogP contribution in [0.15, 0.2) is 0 Å². The molecule has 1 atom stereocenters. The third-order valence-corrected chi connectivity index (χ3v) is 4.19. The molecule has 23 heavy (non-hydrogen) atoms. The summed E-state index contributed by atoms with van der Waals surface area (Å²) in [5, 5.41) is 29.2. The van der Waals surface area contributed by atoms with E-state index in [1.165, 1.54) is 57.8 Å². The van der Waals surface area contributed by atoms with Gasteiger partial charge in [-0.05, 0) is 6.42 Å². The zero-order chi connectivity index (χ0) is 17.3. The van der Waals surface area contributed by atoms with Crippen molar-refractivity contribution >= 4 is 5.97 Å². The highest BCUT2D eigenvalue weighted by Crippen LogP contribution is 2.13. The van der Waals surface area contributed by atoms with Crippen LogP contribution in [0, 0.1) is 0 Å². The zero-order valence-corrected chi connectivity index (χ0v) is 14.8. The fourth-order valence-corrected chi connectivity index (χ4v) is 2.75. The molecule has 0 aliphatic rings. The number of nitrogens with one attached hydrogen (secondary N) is 1. The second-order valence-corrected chi connectivity index (χ2v) is 6.46. The van der Waals surface area contributed by atoms with Gasteiger partial charge in [0, 0.05) is 6.54 Å². The Labute approximate surface area is 141 Å². The summed E-state index contributed by atoms with van der Waals surface area (Å²) in [5.41, 5.74) is 0. The Kier molecular flexibility index (Phi) is 15.8. The summed E-state index contributed by atoms with van der Waals surface area (Å²) in [6.45, 7) is 2.14. The third-order valence-electron chi connectivity index (χ3n) is 4.19. The molecule has 5 heteroatoms. The predicted molar refractivity (Wildman–Crippen MR) is 93.3 cm³/mol. The van der Waals surface area contributed by atoms with Crippen molar-refractivity contribution in [2.24, 2.45) is 0 Å². The van der Waals surface area contributed by atoms with E-state index in [9.17, 15) is 4.79 Å². The average Bonchev–Trinajstić information content (AvgIpc) is 2.50. The number of carboxylic acid groups (broad SMARTS) is 1. The van der Waals surface area contributed by atoms with Crippen LogP contribution in [0.1, 0.15) is 90.4 Å². The molecule has 0 aromatic rings. The average molecular weight is 331 g/mol. The Hall–Kier alpha value is -0.650. The van der Waals surface area contributed by atoms with E-state index < -0.39 is 18.3 Å². The first-order valence-electron chi connectivity index (χ1n) is 9.40. The van der Waals surface area contributed by atoms with E-state index in [-0.39, 0.29) is 6.54 Å². The first-order valence-corrected chi connectivity index (χ1v) is 9.40. The van der Waals surface area contributed by atoms with Gasteiger partial charge >= 0.3 is 5.97 Å². The first kappa shape index (κ1) is 22.4. The zero-order valence-electron chi connectivity index (χ0n) is 14.8. The van der Waals surface area contributed by atoms with Gasteiger partial charge in [0.15, 0.2) is 6.29 Å². The lowest BCUT2D eigenvalue weighted by Gasteiger charge is -2.14. The molecule has 0 saturated carbocycles. The van der Waals surface area contributed by atoms with Crippen LogP contribution in [0.25, 0.3) is 0 Å². The first-order chi connectivity index (χ1) is 11.1. The van der Waals surface area contributed by atoms with Gasteiger partial charge in [-0.1, -0.05) is 84.0 Å². The molecule has 0 aliphatic carbocycles. The molecular formula is C18H37NO4. The minimum Gasteiger partial charge on any atom is -0.480 e. The number of aliphatic hydroxyl groups is 2. The van der Waals surface area contributed by atoms with Crippen LogP contribution in [0.4, 0.5) is 0 Å². The molecule has 5 nitrogen and oxygen atoms in total.